The summed E-state index contributed by atoms with van der Waals surface area (Å²) in [7, 11) is 1.70. The number of nitrogens with zero attached hydrogens (tertiary/aromatic N) is 1. The van der Waals surface area contributed by atoms with E-state index in [4.69, 9.17) is 9.72 Å². The van der Waals surface area contributed by atoms with Gasteiger partial charge < -0.3 is 10.1 Å². The molecule has 1 aliphatic rings. The summed E-state index contributed by atoms with van der Waals surface area (Å²) in [5.41, 5.74) is 2.61. The Morgan fingerprint density at radius 2 is 2.05 bits per heavy atom. The van der Waals surface area contributed by atoms with Gasteiger partial charge in [-0.3, -0.25) is 0 Å². The molecule has 1 aliphatic heterocycles. The molecule has 0 atom stereocenters. The second kappa shape index (κ2) is 6.27. The van der Waals surface area contributed by atoms with Gasteiger partial charge in [0.1, 0.15) is 10.8 Å². The summed E-state index contributed by atoms with van der Waals surface area (Å²) in [5, 5.41) is 6.05. The van der Waals surface area contributed by atoms with Gasteiger partial charge in [-0.25, -0.2) is 4.98 Å². The van der Waals surface area contributed by atoms with E-state index in [0.717, 1.165) is 31.6 Å². The Labute approximate surface area is 124 Å². The summed E-state index contributed by atoms with van der Waals surface area (Å²) in [6.45, 7) is 1.09. The Kier molecular flexibility index (Phi) is 4.21. The van der Waals surface area contributed by atoms with Crippen LogP contribution in [0.25, 0.3) is 0 Å². The normalized spacial score (nSPS) is 14.2. The number of ether oxygens (including phenoxy) is 1. The predicted molar refractivity (Wildman–Crippen MR) is 83.9 cm³/mol. The fourth-order valence-corrected chi connectivity index (χ4v) is 3.51. The van der Waals surface area contributed by atoms with Crippen LogP contribution in [0.4, 0.5) is 5.00 Å². The summed E-state index contributed by atoms with van der Waals surface area (Å²) < 4.78 is 5.18. The predicted octanol–water partition coefficient (Wildman–Crippen LogP) is 3.69. The molecule has 0 fully saturated rings. The van der Waals surface area contributed by atoms with Crippen molar-refractivity contribution in [3.8, 4) is 5.75 Å². The smallest absolute Gasteiger partial charge is 0.118 e. The lowest BCUT2D eigenvalue weighted by molar-refractivity contribution is 0.414. The van der Waals surface area contributed by atoms with E-state index in [0.29, 0.717) is 0 Å². The highest BCUT2D eigenvalue weighted by molar-refractivity contribution is 7.15. The molecule has 1 aromatic heterocycles. The highest BCUT2D eigenvalue weighted by atomic mass is 32.1. The topological polar surface area (TPSA) is 34.1 Å². The Morgan fingerprint density at radius 1 is 1.20 bits per heavy atom. The monoisotopic (exact) mass is 288 g/mol. The number of nitrogens with one attached hydrogen (secondary N) is 1. The number of methoxy groups -OCH3 is 1. The average Bonchev–Trinajstić information content (AvgIpc) is 2.75. The van der Waals surface area contributed by atoms with Crippen LogP contribution in [0.15, 0.2) is 24.3 Å². The molecule has 0 spiro atoms. The highest BCUT2D eigenvalue weighted by Crippen LogP contribution is 2.29. The Balaban J connectivity index is 1.63. The number of rotatable bonds is 4. The molecule has 3 rings (SSSR count). The van der Waals surface area contributed by atoms with Crippen LogP contribution < -0.4 is 10.1 Å². The van der Waals surface area contributed by atoms with E-state index in [1.165, 1.54) is 34.1 Å². The van der Waals surface area contributed by atoms with Crippen LogP contribution in [0.1, 0.15) is 29.1 Å². The molecule has 0 aliphatic carbocycles. The van der Waals surface area contributed by atoms with Gasteiger partial charge in [-0.15, -0.1) is 11.3 Å². The van der Waals surface area contributed by atoms with Crippen LogP contribution >= 0.6 is 11.3 Å². The second-order valence-corrected chi connectivity index (χ2v) is 6.20. The quantitative estimate of drug-likeness (QED) is 0.931. The minimum Gasteiger partial charge on any atom is -0.497 e. The second-order valence-electron chi connectivity index (χ2n) is 5.12. The van der Waals surface area contributed by atoms with Crippen LogP contribution in [-0.4, -0.2) is 18.6 Å². The largest absolute Gasteiger partial charge is 0.497 e. The van der Waals surface area contributed by atoms with Gasteiger partial charge in [0.15, 0.2) is 0 Å². The third-order valence-corrected chi connectivity index (χ3v) is 4.77. The first kappa shape index (κ1) is 13.4. The molecule has 1 aromatic carbocycles. The highest BCUT2D eigenvalue weighted by Gasteiger charge is 2.13. The van der Waals surface area contributed by atoms with Gasteiger partial charge >= 0.3 is 0 Å². The molecule has 2 heterocycles. The van der Waals surface area contributed by atoms with E-state index >= 15 is 0 Å². The summed E-state index contributed by atoms with van der Waals surface area (Å²) in [6, 6.07) is 8.31. The van der Waals surface area contributed by atoms with Gasteiger partial charge in [0.25, 0.3) is 0 Å². The number of benzene rings is 1. The molecule has 0 amide bonds. The van der Waals surface area contributed by atoms with Gasteiger partial charge in [-0.1, -0.05) is 12.1 Å². The van der Waals surface area contributed by atoms with Crippen molar-refractivity contribution in [1.82, 2.24) is 4.98 Å². The number of aryl methyl sites for hydroxylation is 3. The van der Waals surface area contributed by atoms with E-state index in [2.05, 4.69) is 17.4 Å². The maximum Gasteiger partial charge on any atom is 0.118 e. The molecule has 4 heteroatoms. The van der Waals surface area contributed by atoms with Gasteiger partial charge in [-0.2, -0.15) is 0 Å². The fourth-order valence-electron chi connectivity index (χ4n) is 2.48. The Hall–Kier alpha value is -1.55. The zero-order chi connectivity index (χ0) is 13.8. The van der Waals surface area contributed by atoms with E-state index in [9.17, 15) is 0 Å². The SMILES string of the molecule is COc1ccc(CCc2nc3c(s2)NCCCC3)cc1. The molecular weight excluding hydrogens is 268 g/mol. The number of aromatic nitrogens is 1. The first-order valence-corrected chi connectivity index (χ1v) is 8.02. The van der Waals surface area contributed by atoms with Crippen LogP contribution in [0.3, 0.4) is 0 Å². The van der Waals surface area contributed by atoms with Crippen molar-refractivity contribution in [2.45, 2.75) is 32.1 Å². The molecule has 106 valence electrons. The molecule has 0 radical (unpaired) electrons. The number of thiazole rings is 1. The Morgan fingerprint density at radius 3 is 2.85 bits per heavy atom. The fraction of sp³-hybridized carbons (Fsp3) is 0.438. The minimum atomic E-state index is 0.916. The molecule has 20 heavy (non-hydrogen) atoms. The maximum absolute atomic E-state index is 5.18. The zero-order valence-corrected chi connectivity index (χ0v) is 12.6. The summed E-state index contributed by atoms with van der Waals surface area (Å²) >= 11 is 1.83. The summed E-state index contributed by atoms with van der Waals surface area (Å²) in [4.78, 5) is 4.79. The van der Waals surface area contributed by atoms with Crippen LogP contribution in [0.2, 0.25) is 0 Å². The number of anilines is 1. The average molecular weight is 288 g/mol. The first-order chi connectivity index (χ1) is 9.85. The number of hydrogen-bond acceptors (Lipinski definition) is 4. The van der Waals surface area contributed by atoms with Gasteiger partial charge in [0.2, 0.25) is 0 Å². The number of fused-ring (bicyclic) bond motifs is 1. The molecule has 3 nitrogen and oxygen atoms in total. The van der Waals surface area contributed by atoms with Crippen LogP contribution in [-0.2, 0) is 19.3 Å². The standard InChI is InChI=1S/C16H20N2OS/c1-19-13-8-5-12(6-9-13)7-10-15-18-14-4-2-3-11-17-16(14)20-15/h5-6,8-9,17H,2-4,7,10-11H2,1H3. The molecule has 0 unspecified atom stereocenters. The van der Waals surface area contributed by atoms with Crippen molar-refractivity contribution in [1.29, 1.82) is 0 Å². The van der Waals surface area contributed by atoms with Crippen molar-refractivity contribution >= 4 is 16.3 Å². The summed E-state index contributed by atoms with van der Waals surface area (Å²) in [5.74, 6) is 0.916. The van der Waals surface area contributed by atoms with E-state index in [1.807, 2.05) is 23.5 Å². The molecule has 2 aromatic rings. The molecular formula is C16H20N2OS. The first-order valence-electron chi connectivity index (χ1n) is 7.20. The molecule has 0 saturated carbocycles. The van der Waals surface area contributed by atoms with E-state index < -0.39 is 0 Å². The van der Waals surface area contributed by atoms with Crippen molar-refractivity contribution in [3.63, 3.8) is 0 Å². The van der Waals surface area contributed by atoms with E-state index in [-0.39, 0.29) is 0 Å². The van der Waals surface area contributed by atoms with Crippen molar-refractivity contribution < 1.29 is 4.74 Å². The van der Waals surface area contributed by atoms with Crippen LogP contribution in [0, 0.1) is 0 Å². The third kappa shape index (κ3) is 3.12. The van der Waals surface area contributed by atoms with Gasteiger partial charge in [0.05, 0.1) is 17.8 Å². The Bertz CT molecular complexity index is 539. The molecule has 1 N–H and O–H groups in total. The van der Waals surface area contributed by atoms with Crippen molar-refractivity contribution in [2.24, 2.45) is 0 Å². The zero-order valence-electron chi connectivity index (χ0n) is 11.8. The lowest BCUT2D eigenvalue weighted by Gasteiger charge is -2.02. The lowest BCUT2D eigenvalue weighted by Crippen LogP contribution is -1.96. The van der Waals surface area contributed by atoms with Gasteiger partial charge in [-0.05, 0) is 43.4 Å². The number of hydrogen-bond donors (Lipinski definition) is 1. The van der Waals surface area contributed by atoms with Crippen LogP contribution in [0.5, 0.6) is 5.75 Å². The lowest BCUT2D eigenvalue weighted by atomic mass is 10.1. The van der Waals surface area contributed by atoms with E-state index in [1.54, 1.807) is 7.11 Å². The third-order valence-electron chi connectivity index (χ3n) is 3.65. The minimum absolute atomic E-state index is 0.916. The molecule has 0 saturated heterocycles. The van der Waals surface area contributed by atoms with Crippen molar-refractivity contribution in [3.05, 3.63) is 40.5 Å². The summed E-state index contributed by atoms with van der Waals surface area (Å²) in [6.07, 6.45) is 5.69. The van der Waals surface area contributed by atoms with Crippen molar-refractivity contribution in [2.75, 3.05) is 19.0 Å². The molecule has 0 bridgehead atoms. The maximum atomic E-state index is 5.18. The van der Waals surface area contributed by atoms with Gasteiger partial charge in [0, 0.05) is 13.0 Å².